The molecule has 0 aliphatic rings. The molecule has 0 saturated heterocycles. The van der Waals surface area contributed by atoms with Crippen molar-refractivity contribution in [2.24, 2.45) is 7.05 Å². The number of aromatic nitrogens is 3. The van der Waals surface area contributed by atoms with Crippen LogP contribution in [0.5, 0.6) is 5.75 Å². The summed E-state index contributed by atoms with van der Waals surface area (Å²) >= 11 is 0. The first-order valence-electron chi connectivity index (χ1n) is 8.31. The van der Waals surface area contributed by atoms with E-state index in [1.807, 2.05) is 0 Å². The molecule has 3 rings (SSSR count). The lowest BCUT2D eigenvalue weighted by molar-refractivity contribution is 0.00665. The molecule has 0 aliphatic carbocycles. The van der Waals surface area contributed by atoms with E-state index in [0.29, 0.717) is 28.3 Å². The molecule has 0 aliphatic heterocycles. The minimum absolute atomic E-state index is 0.158. The number of imidazole rings is 1. The Bertz CT molecular complexity index is 1040. The number of carboxylic acid groups (broad SMARTS) is 1. The second-order valence-electron chi connectivity index (χ2n) is 7.16. The number of benzene rings is 1. The molecular weight excluding hydrogens is 350 g/mol. The zero-order valence-electron chi connectivity index (χ0n) is 15.8. The fourth-order valence-electron chi connectivity index (χ4n) is 2.82. The third-order valence-corrected chi connectivity index (χ3v) is 3.91. The molecule has 0 amide bonds. The first-order chi connectivity index (χ1) is 12.6. The highest BCUT2D eigenvalue weighted by molar-refractivity contribution is 5.96. The fraction of sp³-hybridized carbons (Fsp3) is 0.316. The van der Waals surface area contributed by atoms with Gasteiger partial charge in [0.15, 0.2) is 11.6 Å². The van der Waals surface area contributed by atoms with Gasteiger partial charge < -0.3 is 24.1 Å². The summed E-state index contributed by atoms with van der Waals surface area (Å²) < 4.78 is 12.6. The van der Waals surface area contributed by atoms with E-state index in [1.54, 1.807) is 44.6 Å². The molecule has 0 radical (unpaired) electrons. The van der Waals surface area contributed by atoms with Crippen LogP contribution in [0.4, 0.5) is 0 Å². The molecule has 8 heteroatoms. The van der Waals surface area contributed by atoms with Crippen LogP contribution in [0.3, 0.4) is 0 Å². The van der Waals surface area contributed by atoms with Gasteiger partial charge in [0.05, 0.1) is 23.7 Å². The lowest BCUT2D eigenvalue weighted by Crippen LogP contribution is -2.23. The van der Waals surface area contributed by atoms with Crippen molar-refractivity contribution in [1.82, 2.24) is 14.5 Å². The summed E-state index contributed by atoms with van der Waals surface area (Å²) in [6.45, 7) is 5.38. The Morgan fingerprint density at radius 1 is 1.26 bits per heavy atom. The standard InChI is InChI=1S/C19H21N3O5/c1-19(2,3)27-18(25)11-9-22(4)14(15(11)26-5)16-20-12-7-6-10(17(23)24)8-13(12)21-16/h6-9H,1-5H3,(H,20,21)(H,23,24). The van der Waals surface area contributed by atoms with Gasteiger partial charge in [-0.15, -0.1) is 0 Å². The number of aromatic amines is 1. The molecule has 1 aromatic carbocycles. The van der Waals surface area contributed by atoms with Crippen molar-refractivity contribution in [1.29, 1.82) is 0 Å². The average molecular weight is 371 g/mol. The maximum Gasteiger partial charge on any atom is 0.344 e. The minimum atomic E-state index is -1.02. The molecule has 0 atom stereocenters. The number of esters is 1. The molecule has 142 valence electrons. The molecule has 2 N–H and O–H groups in total. The number of aromatic carboxylic acids is 1. The number of methoxy groups -OCH3 is 1. The first kappa shape index (κ1) is 18.5. The quantitative estimate of drug-likeness (QED) is 0.682. The number of hydrogen-bond acceptors (Lipinski definition) is 5. The van der Waals surface area contributed by atoms with Crippen LogP contribution in [0.2, 0.25) is 0 Å². The maximum absolute atomic E-state index is 12.5. The largest absolute Gasteiger partial charge is 0.493 e. The van der Waals surface area contributed by atoms with Crippen molar-refractivity contribution in [3.8, 4) is 17.3 Å². The molecule has 0 bridgehead atoms. The number of carbonyl (C=O) groups excluding carboxylic acids is 1. The molecule has 0 fully saturated rings. The number of fused-ring (bicyclic) bond motifs is 1. The van der Waals surface area contributed by atoms with Gasteiger partial charge in [-0.3, -0.25) is 0 Å². The molecule has 2 aromatic heterocycles. The van der Waals surface area contributed by atoms with Crippen molar-refractivity contribution < 1.29 is 24.2 Å². The molecule has 27 heavy (non-hydrogen) atoms. The Labute approximate surface area is 155 Å². The second kappa shape index (κ2) is 6.46. The molecule has 0 saturated carbocycles. The summed E-state index contributed by atoms with van der Waals surface area (Å²) in [7, 11) is 3.24. The number of carboxylic acids is 1. The third-order valence-electron chi connectivity index (χ3n) is 3.91. The number of nitrogens with zero attached hydrogens (tertiary/aromatic N) is 2. The van der Waals surface area contributed by atoms with Crippen LogP contribution in [0.25, 0.3) is 22.6 Å². The van der Waals surface area contributed by atoms with Crippen LogP contribution >= 0.6 is 0 Å². The Hall–Kier alpha value is -3.29. The van der Waals surface area contributed by atoms with E-state index >= 15 is 0 Å². The normalized spacial score (nSPS) is 11.6. The number of H-pyrrole nitrogens is 1. The lowest BCUT2D eigenvalue weighted by atomic mass is 10.2. The van der Waals surface area contributed by atoms with Gasteiger partial charge in [0.1, 0.15) is 16.9 Å². The van der Waals surface area contributed by atoms with E-state index in [1.165, 1.54) is 19.2 Å². The van der Waals surface area contributed by atoms with Gasteiger partial charge in [0, 0.05) is 13.2 Å². The molecular formula is C19H21N3O5. The van der Waals surface area contributed by atoms with E-state index in [9.17, 15) is 9.59 Å². The van der Waals surface area contributed by atoms with Crippen molar-refractivity contribution in [3.63, 3.8) is 0 Å². The van der Waals surface area contributed by atoms with Crippen molar-refractivity contribution >= 4 is 23.0 Å². The molecule has 0 spiro atoms. The van der Waals surface area contributed by atoms with Gasteiger partial charge in [-0.1, -0.05) is 0 Å². The predicted octanol–water partition coefficient (Wildman–Crippen LogP) is 3.23. The summed E-state index contributed by atoms with van der Waals surface area (Å²) in [5, 5.41) is 9.14. The number of aryl methyl sites for hydroxylation is 1. The summed E-state index contributed by atoms with van der Waals surface area (Å²) in [5.41, 5.74) is 1.56. The van der Waals surface area contributed by atoms with E-state index in [-0.39, 0.29) is 11.1 Å². The summed E-state index contributed by atoms with van der Waals surface area (Å²) in [6.07, 6.45) is 1.62. The van der Waals surface area contributed by atoms with Crippen LogP contribution in [0.1, 0.15) is 41.5 Å². The summed E-state index contributed by atoms with van der Waals surface area (Å²) in [6, 6.07) is 4.63. The van der Waals surface area contributed by atoms with Gasteiger partial charge in [-0.25, -0.2) is 14.6 Å². The van der Waals surface area contributed by atoms with Crippen molar-refractivity contribution in [3.05, 3.63) is 35.5 Å². The van der Waals surface area contributed by atoms with Gasteiger partial charge >= 0.3 is 11.9 Å². The van der Waals surface area contributed by atoms with E-state index < -0.39 is 17.5 Å². The Morgan fingerprint density at radius 3 is 2.56 bits per heavy atom. The zero-order chi connectivity index (χ0) is 19.9. The predicted molar refractivity (Wildman–Crippen MR) is 99.2 cm³/mol. The van der Waals surface area contributed by atoms with Crippen molar-refractivity contribution in [2.45, 2.75) is 26.4 Å². The SMILES string of the molecule is COc1c(C(=O)OC(C)(C)C)cn(C)c1-c1nc2ccc(C(=O)O)cc2[nH]1. The summed E-state index contributed by atoms with van der Waals surface area (Å²) in [4.78, 5) is 31.3. The van der Waals surface area contributed by atoms with Crippen LogP contribution in [0, 0.1) is 0 Å². The Morgan fingerprint density at radius 2 is 1.96 bits per heavy atom. The first-order valence-corrected chi connectivity index (χ1v) is 8.31. The highest BCUT2D eigenvalue weighted by Crippen LogP contribution is 2.35. The number of nitrogens with one attached hydrogen (secondary N) is 1. The number of rotatable bonds is 4. The van der Waals surface area contributed by atoms with Crippen LogP contribution in [-0.2, 0) is 11.8 Å². The highest BCUT2D eigenvalue weighted by Gasteiger charge is 2.27. The van der Waals surface area contributed by atoms with E-state index in [2.05, 4.69) is 9.97 Å². The van der Waals surface area contributed by atoms with Gasteiger partial charge in [-0.2, -0.15) is 0 Å². The lowest BCUT2D eigenvalue weighted by Gasteiger charge is -2.19. The van der Waals surface area contributed by atoms with E-state index in [4.69, 9.17) is 14.6 Å². The zero-order valence-corrected chi connectivity index (χ0v) is 15.8. The smallest absolute Gasteiger partial charge is 0.344 e. The topological polar surface area (TPSA) is 106 Å². The second-order valence-corrected chi connectivity index (χ2v) is 7.16. The highest BCUT2D eigenvalue weighted by atomic mass is 16.6. The molecule has 8 nitrogen and oxygen atoms in total. The average Bonchev–Trinajstić information content (AvgIpc) is 3.12. The van der Waals surface area contributed by atoms with Crippen molar-refractivity contribution in [2.75, 3.05) is 7.11 Å². The maximum atomic E-state index is 12.5. The van der Waals surface area contributed by atoms with Gasteiger partial charge in [0.2, 0.25) is 0 Å². The Kier molecular flexibility index (Phi) is 4.43. The summed E-state index contributed by atoms with van der Waals surface area (Å²) in [5.74, 6) is -0.715. The van der Waals surface area contributed by atoms with Gasteiger partial charge in [0.25, 0.3) is 0 Å². The van der Waals surface area contributed by atoms with Crippen LogP contribution in [-0.4, -0.2) is 44.3 Å². The van der Waals surface area contributed by atoms with Gasteiger partial charge in [-0.05, 0) is 39.0 Å². The van der Waals surface area contributed by atoms with E-state index in [0.717, 1.165) is 0 Å². The molecule has 3 aromatic rings. The monoisotopic (exact) mass is 371 g/mol. The molecule has 0 unspecified atom stereocenters. The molecule has 2 heterocycles. The van der Waals surface area contributed by atoms with Crippen LogP contribution < -0.4 is 4.74 Å². The van der Waals surface area contributed by atoms with Crippen LogP contribution in [0.15, 0.2) is 24.4 Å². The Balaban J connectivity index is 2.10. The third kappa shape index (κ3) is 3.51. The number of carbonyl (C=O) groups is 2. The number of ether oxygens (including phenoxy) is 2. The number of hydrogen-bond donors (Lipinski definition) is 2. The minimum Gasteiger partial charge on any atom is -0.493 e. The fourth-order valence-corrected chi connectivity index (χ4v) is 2.82.